The highest BCUT2D eigenvalue weighted by Crippen LogP contribution is 2.27. The Balaban J connectivity index is 2.42. The van der Waals surface area contributed by atoms with Crippen LogP contribution in [0.2, 0.25) is 5.15 Å². The van der Waals surface area contributed by atoms with Crippen LogP contribution in [-0.2, 0) is 9.53 Å². The summed E-state index contributed by atoms with van der Waals surface area (Å²) in [6.45, 7) is 0.263. The van der Waals surface area contributed by atoms with Gasteiger partial charge in [-0.05, 0) is 6.07 Å². The predicted molar refractivity (Wildman–Crippen MR) is 70.7 cm³/mol. The number of carbonyl (C=O) groups excluding carboxylic acids is 2. The molecule has 0 aromatic carbocycles. The Morgan fingerprint density at radius 1 is 1.57 bits per heavy atom. The molecule has 0 aliphatic carbocycles. The average molecular weight is 315 g/mol. The zero-order chi connectivity index (χ0) is 15.6. The van der Waals surface area contributed by atoms with Gasteiger partial charge in [0.1, 0.15) is 11.6 Å². The van der Waals surface area contributed by atoms with Crippen molar-refractivity contribution < 1.29 is 19.2 Å². The molecule has 1 aromatic rings. The van der Waals surface area contributed by atoms with Crippen molar-refractivity contribution in [3.8, 4) is 0 Å². The van der Waals surface area contributed by atoms with E-state index in [0.717, 1.165) is 4.90 Å². The highest BCUT2D eigenvalue weighted by Gasteiger charge is 2.35. The third kappa shape index (κ3) is 2.93. The first-order chi connectivity index (χ1) is 9.93. The summed E-state index contributed by atoms with van der Waals surface area (Å²) in [5.74, 6) is -1.45. The number of halogens is 1. The molecule has 112 valence electrons. The highest BCUT2D eigenvalue weighted by molar-refractivity contribution is 6.32. The summed E-state index contributed by atoms with van der Waals surface area (Å²) in [6.07, 6.45) is 1.18. The number of hydrogen-bond donors (Lipinski definition) is 1. The van der Waals surface area contributed by atoms with Crippen LogP contribution < -0.4 is 5.73 Å². The lowest BCUT2D eigenvalue weighted by molar-refractivity contribution is -0.385. The summed E-state index contributed by atoms with van der Waals surface area (Å²) >= 11 is 5.67. The van der Waals surface area contributed by atoms with E-state index in [4.69, 9.17) is 22.1 Å². The molecule has 1 aliphatic heterocycles. The van der Waals surface area contributed by atoms with Crippen LogP contribution in [0, 0.1) is 10.1 Å². The molecule has 21 heavy (non-hydrogen) atoms. The van der Waals surface area contributed by atoms with Gasteiger partial charge in [0.15, 0.2) is 0 Å². The van der Waals surface area contributed by atoms with E-state index in [-0.39, 0.29) is 25.3 Å². The molecule has 2 amide bonds. The first-order valence-electron chi connectivity index (χ1n) is 5.90. The Morgan fingerprint density at radius 2 is 2.29 bits per heavy atom. The van der Waals surface area contributed by atoms with Crippen molar-refractivity contribution in [1.29, 1.82) is 0 Å². The molecular formula is C11H11ClN4O5. The Morgan fingerprint density at radius 3 is 2.90 bits per heavy atom. The van der Waals surface area contributed by atoms with E-state index < -0.39 is 33.6 Å². The molecule has 0 bridgehead atoms. The van der Waals surface area contributed by atoms with Crippen molar-refractivity contribution >= 4 is 29.1 Å². The number of nitro groups is 1. The Kier molecular flexibility index (Phi) is 4.34. The number of nitrogens with zero attached hydrogens (tertiary/aromatic N) is 3. The number of hydrogen-bond acceptors (Lipinski definition) is 6. The van der Waals surface area contributed by atoms with Crippen LogP contribution in [0.1, 0.15) is 10.4 Å². The fraction of sp³-hybridized carbons (Fsp3) is 0.364. The summed E-state index contributed by atoms with van der Waals surface area (Å²) in [7, 11) is 0. The van der Waals surface area contributed by atoms with Crippen molar-refractivity contribution in [2.75, 3.05) is 19.8 Å². The van der Waals surface area contributed by atoms with Crippen molar-refractivity contribution in [3.05, 3.63) is 33.1 Å². The summed E-state index contributed by atoms with van der Waals surface area (Å²) in [5, 5.41) is 10.6. The second-order valence-corrected chi connectivity index (χ2v) is 4.60. The van der Waals surface area contributed by atoms with E-state index in [9.17, 15) is 19.7 Å². The van der Waals surface area contributed by atoms with Crippen LogP contribution >= 0.6 is 11.6 Å². The smallest absolute Gasteiger partial charge is 0.319 e. The van der Waals surface area contributed by atoms with E-state index in [1.807, 2.05) is 0 Å². The molecule has 1 aromatic heterocycles. The van der Waals surface area contributed by atoms with E-state index >= 15 is 0 Å². The molecule has 2 heterocycles. The summed E-state index contributed by atoms with van der Waals surface area (Å²) < 4.78 is 5.09. The molecule has 0 saturated carbocycles. The lowest BCUT2D eigenvalue weighted by Gasteiger charge is -2.33. The van der Waals surface area contributed by atoms with Crippen LogP contribution in [0.25, 0.3) is 0 Å². The van der Waals surface area contributed by atoms with E-state index in [1.54, 1.807) is 0 Å². The zero-order valence-electron chi connectivity index (χ0n) is 10.7. The molecule has 0 radical (unpaired) electrons. The third-order valence-corrected chi connectivity index (χ3v) is 3.29. The van der Waals surface area contributed by atoms with Gasteiger partial charge >= 0.3 is 5.69 Å². The molecule has 9 nitrogen and oxygen atoms in total. The Hall–Kier alpha value is -2.26. The molecule has 1 fully saturated rings. The van der Waals surface area contributed by atoms with Crippen molar-refractivity contribution in [2.45, 2.75) is 6.04 Å². The normalized spacial score (nSPS) is 18.3. The molecule has 1 atom stereocenters. The molecule has 2 N–H and O–H groups in total. The lowest BCUT2D eigenvalue weighted by atomic mass is 10.1. The van der Waals surface area contributed by atoms with Crippen LogP contribution in [0.4, 0.5) is 5.69 Å². The summed E-state index contributed by atoms with van der Waals surface area (Å²) in [6, 6.07) is 0.206. The maximum atomic E-state index is 12.5. The minimum Gasteiger partial charge on any atom is -0.377 e. The number of morpholine rings is 1. The first-order valence-corrected chi connectivity index (χ1v) is 6.28. The molecule has 1 saturated heterocycles. The second-order valence-electron chi connectivity index (χ2n) is 4.25. The summed E-state index contributed by atoms with van der Waals surface area (Å²) in [5.41, 5.74) is 4.38. The fourth-order valence-corrected chi connectivity index (χ4v) is 2.24. The van der Waals surface area contributed by atoms with E-state index in [1.165, 1.54) is 12.3 Å². The predicted octanol–water partition coefficient (Wildman–Crippen LogP) is -0.0305. The van der Waals surface area contributed by atoms with Gasteiger partial charge in [-0.15, -0.1) is 0 Å². The molecule has 0 spiro atoms. The number of primary amides is 1. The number of ether oxygens (including phenoxy) is 1. The van der Waals surface area contributed by atoms with Gasteiger partial charge in [0.25, 0.3) is 5.91 Å². The number of rotatable bonds is 3. The van der Waals surface area contributed by atoms with Crippen LogP contribution in [0.5, 0.6) is 0 Å². The van der Waals surface area contributed by atoms with E-state index in [0.29, 0.717) is 0 Å². The van der Waals surface area contributed by atoms with Gasteiger partial charge < -0.3 is 15.4 Å². The van der Waals surface area contributed by atoms with Crippen molar-refractivity contribution in [2.24, 2.45) is 5.73 Å². The maximum absolute atomic E-state index is 12.5. The zero-order valence-corrected chi connectivity index (χ0v) is 11.4. The summed E-state index contributed by atoms with van der Waals surface area (Å²) in [4.78, 5) is 38.8. The standard InChI is InChI=1S/C11H11ClN4O5/c12-9-8(16(19)20)6(1-2-14-9)11(18)15-3-4-21-5-7(15)10(13)17/h1-2,7H,3-5H2,(H2,13,17). The molecule has 10 heteroatoms. The van der Waals surface area contributed by atoms with Gasteiger partial charge in [-0.2, -0.15) is 0 Å². The minimum absolute atomic E-state index is 0.0479. The number of carbonyl (C=O) groups is 2. The van der Waals surface area contributed by atoms with Gasteiger partial charge in [-0.3, -0.25) is 19.7 Å². The van der Waals surface area contributed by atoms with E-state index in [2.05, 4.69) is 4.98 Å². The van der Waals surface area contributed by atoms with Crippen LogP contribution in [-0.4, -0.2) is 52.4 Å². The minimum atomic E-state index is -0.974. The second kappa shape index (κ2) is 6.02. The number of nitrogens with two attached hydrogens (primary N) is 1. The van der Waals surface area contributed by atoms with Gasteiger partial charge in [-0.25, -0.2) is 4.98 Å². The van der Waals surface area contributed by atoms with Crippen LogP contribution in [0.3, 0.4) is 0 Å². The average Bonchev–Trinajstić information content (AvgIpc) is 2.45. The van der Waals surface area contributed by atoms with Gasteiger partial charge in [0.2, 0.25) is 11.1 Å². The number of amides is 2. The van der Waals surface area contributed by atoms with Gasteiger partial charge in [-0.1, -0.05) is 11.6 Å². The highest BCUT2D eigenvalue weighted by atomic mass is 35.5. The van der Waals surface area contributed by atoms with Gasteiger partial charge in [0, 0.05) is 12.7 Å². The Labute approximate surface area is 123 Å². The quantitative estimate of drug-likeness (QED) is 0.474. The fourth-order valence-electron chi connectivity index (χ4n) is 2.01. The molecular weight excluding hydrogens is 304 g/mol. The van der Waals surface area contributed by atoms with Gasteiger partial charge in [0.05, 0.1) is 18.1 Å². The SMILES string of the molecule is NC(=O)C1COCCN1C(=O)c1ccnc(Cl)c1[N+](=O)[O-]. The number of aromatic nitrogens is 1. The monoisotopic (exact) mass is 314 g/mol. The van der Waals surface area contributed by atoms with Crippen LogP contribution in [0.15, 0.2) is 12.3 Å². The largest absolute Gasteiger partial charge is 0.377 e. The maximum Gasteiger partial charge on any atom is 0.319 e. The first kappa shape index (κ1) is 15.1. The molecule has 1 aliphatic rings. The molecule has 2 rings (SSSR count). The third-order valence-electron chi connectivity index (χ3n) is 3.01. The van der Waals surface area contributed by atoms with Crippen molar-refractivity contribution in [1.82, 2.24) is 9.88 Å². The molecule has 1 unspecified atom stereocenters. The Bertz CT molecular complexity index is 608. The topological polar surface area (TPSA) is 129 Å². The lowest BCUT2D eigenvalue weighted by Crippen LogP contribution is -2.54. The number of pyridine rings is 1. The van der Waals surface area contributed by atoms with Crippen molar-refractivity contribution in [3.63, 3.8) is 0 Å².